The van der Waals surface area contributed by atoms with Crippen LogP contribution in [0.4, 0.5) is 0 Å². The summed E-state index contributed by atoms with van der Waals surface area (Å²) in [5.74, 6) is -0.417. The first-order valence-corrected chi connectivity index (χ1v) is 6.02. The smallest absolute Gasteiger partial charge is 0.306 e. The number of carboxylic acid groups (broad SMARTS) is 1. The van der Waals surface area contributed by atoms with Crippen molar-refractivity contribution in [3.63, 3.8) is 0 Å². The molecule has 1 aliphatic carbocycles. The predicted molar refractivity (Wildman–Crippen MR) is 58.6 cm³/mol. The van der Waals surface area contributed by atoms with Crippen LogP contribution in [0.15, 0.2) is 0 Å². The second-order valence-electron chi connectivity index (χ2n) is 4.77. The number of rotatable bonds is 5. The number of hydrogen-bond donors (Lipinski definition) is 2. The Morgan fingerprint density at radius 1 is 1.40 bits per heavy atom. The van der Waals surface area contributed by atoms with Crippen LogP contribution in [0.5, 0.6) is 0 Å². The molecule has 0 aromatic heterocycles. The summed E-state index contributed by atoms with van der Waals surface area (Å²) in [5, 5.41) is 18.2. The number of aliphatic hydroxyl groups is 1. The Hall–Kier alpha value is -0.570. The summed E-state index contributed by atoms with van der Waals surface area (Å²) >= 11 is 0. The van der Waals surface area contributed by atoms with Gasteiger partial charge in [-0.3, -0.25) is 4.79 Å². The maximum Gasteiger partial charge on any atom is 0.306 e. The van der Waals surface area contributed by atoms with Crippen LogP contribution in [0.1, 0.15) is 51.9 Å². The van der Waals surface area contributed by atoms with Gasteiger partial charge in [0.25, 0.3) is 0 Å². The van der Waals surface area contributed by atoms with Crippen molar-refractivity contribution in [3.05, 3.63) is 0 Å². The van der Waals surface area contributed by atoms with Crippen molar-refractivity contribution < 1.29 is 15.0 Å². The molecule has 2 N–H and O–H groups in total. The standard InChI is InChI=1S/C12H22O3/c1-9(13)5-4-7-10-6-2-3-8-11(10)12(14)15/h9-11,13H,2-8H2,1H3,(H,14,15). The third-order valence-electron chi connectivity index (χ3n) is 3.42. The molecule has 3 atom stereocenters. The van der Waals surface area contributed by atoms with E-state index in [0.29, 0.717) is 5.92 Å². The van der Waals surface area contributed by atoms with Gasteiger partial charge in [-0.2, -0.15) is 0 Å². The first-order valence-electron chi connectivity index (χ1n) is 6.02. The molecule has 0 aromatic rings. The molecule has 15 heavy (non-hydrogen) atoms. The highest BCUT2D eigenvalue weighted by Gasteiger charge is 2.29. The third-order valence-corrected chi connectivity index (χ3v) is 3.42. The molecule has 0 aliphatic heterocycles. The van der Waals surface area contributed by atoms with Crippen LogP contribution in [0, 0.1) is 11.8 Å². The van der Waals surface area contributed by atoms with Gasteiger partial charge < -0.3 is 10.2 Å². The molecule has 0 amide bonds. The van der Waals surface area contributed by atoms with Gasteiger partial charge in [0.05, 0.1) is 12.0 Å². The lowest BCUT2D eigenvalue weighted by Gasteiger charge is -2.28. The van der Waals surface area contributed by atoms with Gasteiger partial charge in [0.15, 0.2) is 0 Å². The lowest BCUT2D eigenvalue weighted by Crippen LogP contribution is -2.27. The summed E-state index contributed by atoms with van der Waals surface area (Å²) in [7, 11) is 0. The Bertz CT molecular complexity index is 201. The van der Waals surface area contributed by atoms with E-state index in [1.54, 1.807) is 6.92 Å². The van der Waals surface area contributed by atoms with Gasteiger partial charge >= 0.3 is 5.97 Å². The van der Waals surface area contributed by atoms with Crippen molar-refractivity contribution in [2.24, 2.45) is 11.8 Å². The number of aliphatic carboxylic acids is 1. The van der Waals surface area contributed by atoms with E-state index in [9.17, 15) is 4.79 Å². The molecule has 1 aliphatic rings. The first kappa shape index (κ1) is 12.5. The average molecular weight is 214 g/mol. The highest BCUT2D eigenvalue weighted by atomic mass is 16.4. The summed E-state index contributed by atoms with van der Waals surface area (Å²) in [4.78, 5) is 11.0. The molecule has 1 rings (SSSR count). The SMILES string of the molecule is CC(O)CCCC1CCCCC1C(=O)O. The maximum atomic E-state index is 11.0. The molecule has 0 saturated heterocycles. The van der Waals surface area contributed by atoms with E-state index >= 15 is 0 Å². The Morgan fingerprint density at radius 3 is 2.67 bits per heavy atom. The zero-order chi connectivity index (χ0) is 11.3. The highest BCUT2D eigenvalue weighted by molar-refractivity contribution is 5.70. The molecule has 0 spiro atoms. The van der Waals surface area contributed by atoms with Crippen LogP contribution in [0.3, 0.4) is 0 Å². The fraction of sp³-hybridized carbons (Fsp3) is 0.917. The zero-order valence-electron chi connectivity index (χ0n) is 9.48. The summed E-state index contributed by atoms with van der Waals surface area (Å²) in [6.45, 7) is 1.79. The topological polar surface area (TPSA) is 57.5 Å². The molecule has 3 heteroatoms. The quantitative estimate of drug-likeness (QED) is 0.739. The van der Waals surface area contributed by atoms with E-state index in [-0.39, 0.29) is 12.0 Å². The molecule has 0 aromatic carbocycles. The molecule has 0 radical (unpaired) electrons. The molecule has 3 nitrogen and oxygen atoms in total. The highest BCUT2D eigenvalue weighted by Crippen LogP contribution is 2.33. The summed E-state index contributed by atoms with van der Waals surface area (Å²) < 4.78 is 0. The molecular formula is C12H22O3. The van der Waals surface area contributed by atoms with E-state index in [2.05, 4.69) is 0 Å². The van der Waals surface area contributed by atoms with Crippen molar-refractivity contribution in [3.8, 4) is 0 Å². The molecule has 1 fully saturated rings. The van der Waals surface area contributed by atoms with E-state index in [1.165, 1.54) is 6.42 Å². The Kier molecular flexibility index (Phi) is 5.09. The Balaban J connectivity index is 2.33. The fourth-order valence-electron chi connectivity index (χ4n) is 2.55. The second kappa shape index (κ2) is 6.11. The third kappa shape index (κ3) is 4.20. The monoisotopic (exact) mass is 214 g/mol. The lowest BCUT2D eigenvalue weighted by molar-refractivity contribution is -0.145. The molecule has 3 unspecified atom stereocenters. The van der Waals surface area contributed by atoms with Crippen LogP contribution in [0.25, 0.3) is 0 Å². The van der Waals surface area contributed by atoms with Crippen LogP contribution in [-0.4, -0.2) is 22.3 Å². The number of aliphatic hydroxyl groups excluding tert-OH is 1. The average Bonchev–Trinajstić information content (AvgIpc) is 2.17. The Morgan fingerprint density at radius 2 is 2.07 bits per heavy atom. The Labute approximate surface area is 91.5 Å². The van der Waals surface area contributed by atoms with E-state index in [4.69, 9.17) is 10.2 Å². The minimum absolute atomic E-state index is 0.132. The first-order chi connectivity index (χ1) is 7.11. The van der Waals surface area contributed by atoms with Gasteiger partial charge in [-0.25, -0.2) is 0 Å². The largest absolute Gasteiger partial charge is 0.481 e. The lowest BCUT2D eigenvalue weighted by atomic mass is 9.76. The van der Waals surface area contributed by atoms with Crippen molar-refractivity contribution in [1.82, 2.24) is 0 Å². The minimum atomic E-state index is -0.628. The van der Waals surface area contributed by atoms with E-state index in [0.717, 1.165) is 38.5 Å². The zero-order valence-corrected chi connectivity index (χ0v) is 9.48. The molecule has 88 valence electrons. The summed E-state index contributed by atoms with van der Waals surface area (Å²) in [6.07, 6.45) is 6.58. The van der Waals surface area contributed by atoms with Gasteiger partial charge in [0.2, 0.25) is 0 Å². The van der Waals surface area contributed by atoms with Gasteiger partial charge in [0.1, 0.15) is 0 Å². The van der Waals surface area contributed by atoms with Gasteiger partial charge in [0, 0.05) is 0 Å². The van der Waals surface area contributed by atoms with Gasteiger partial charge in [-0.1, -0.05) is 19.3 Å². The van der Waals surface area contributed by atoms with Crippen molar-refractivity contribution in [1.29, 1.82) is 0 Å². The number of carbonyl (C=O) groups is 1. The molecule has 0 heterocycles. The number of hydrogen-bond acceptors (Lipinski definition) is 2. The predicted octanol–water partition coefficient (Wildman–Crippen LogP) is 2.43. The maximum absolute atomic E-state index is 11.0. The fourth-order valence-corrected chi connectivity index (χ4v) is 2.55. The van der Waals surface area contributed by atoms with Crippen molar-refractivity contribution in [2.75, 3.05) is 0 Å². The van der Waals surface area contributed by atoms with Crippen LogP contribution < -0.4 is 0 Å². The van der Waals surface area contributed by atoms with E-state index in [1.807, 2.05) is 0 Å². The second-order valence-corrected chi connectivity index (χ2v) is 4.77. The molecule has 1 saturated carbocycles. The van der Waals surface area contributed by atoms with Gasteiger partial charge in [-0.05, 0) is 38.5 Å². The summed E-state index contributed by atoms with van der Waals surface area (Å²) in [5.41, 5.74) is 0. The van der Waals surface area contributed by atoms with Crippen molar-refractivity contribution in [2.45, 2.75) is 58.0 Å². The molecular weight excluding hydrogens is 192 g/mol. The number of carboxylic acids is 1. The normalized spacial score (nSPS) is 28.7. The van der Waals surface area contributed by atoms with Crippen LogP contribution >= 0.6 is 0 Å². The van der Waals surface area contributed by atoms with Gasteiger partial charge in [-0.15, -0.1) is 0 Å². The van der Waals surface area contributed by atoms with Crippen molar-refractivity contribution >= 4 is 5.97 Å². The molecule has 0 bridgehead atoms. The van der Waals surface area contributed by atoms with E-state index < -0.39 is 5.97 Å². The summed E-state index contributed by atoms with van der Waals surface area (Å²) in [6, 6.07) is 0. The van der Waals surface area contributed by atoms with Crippen LogP contribution in [0.2, 0.25) is 0 Å². The van der Waals surface area contributed by atoms with Crippen LogP contribution in [-0.2, 0) is 4.79 Å². The minimum Gasteiger partial charge on any atom is -0.481 e.